The van der Waals surface area contributed by atoms with E-state index in [1.165, 1.54) is 9.24 Å². The van der Waals surface area contributed by atoms with Crippen LogP contribution in [-0.2, 0) is 10.4 Å². The van der Waals surface area contributed by atoms with E-state index in [4.69, 9.17) is 9.47 Å². The van der Waals surface area contributed by atoms with Gasteiger partial charge in [0.1, 0.15) is 12.4 Å². The fraction of sp³-hybridized carbons (Fsp3) is 0.375. The highest BCUT2D eigenvalue weighted by molar-refractivity contribution is 7.17. The lowest BCUT2D eigenvalue weighted by Gasteiger charge is -2.29. The predicted molar refractivity (Wildman–Crippen MR) is 130 cm³/mol. The maximum atomic E-state index is 14.2. The lowest BCUT2D eigenvalue weighted by molar-refractivity contribution is 0.0642. The van der Waals surface area contributed by atoms with Crippen LogP contribution in [0.4, 0.5) is 13.2 Å². The van der Waals surface area contributed by atoms with Crippen LogP contribution in [-0.4, -0.2) is 47.9 Å². The predicted octanol–water partition coefficient (Wildman–Crippen LogP) is 5.42. The molecule has 0 fully saturated rings. The average Bonchev–Trinajstić information content (AvgIpc) is 2.77. The number of amides is 1. The first-order valence-electron chi connectivity index (χ1n) is 10.6. The van der Waals surface area contributed by atoms with Crippen LogP contribution in [0.3, 0.4) is 0 Å². The number of aryl methyl sites for hydroxylation is 1. The number of alkyl halides is 2. The normalized spacial score (nSPS) is 12.8. The largest absolute Gasteiger partial charge is 0.473 e. The van der Waals surface area contributed by atoms with Gasteiger partial charge in [-0.05, 0) is 38.5 Å². The molecule has 1 heterocycles. The summed E-state index contributed by atoms with van der Waals surface area (Å²) in [6, 6.07) is 5.48. The van der Waals surface area contributed by atoms with Gasteiger partial charge in [-0.3, -0.25) is 9.79 Å². The van der Waals surface area contributed by atoms with Crippen LogP contribution in [0.25, 0.3) is 5.76 Å². The molecule has 10 heteroatoms. The molecular weight excluding hydrogens is 466 g/mol. The number of pyridine rings is 1. The van der Waals surface area contributed by atoms with Gasteiger partial charge in [0.2, 0.25) is 5.88 Å². The van der Waals surface area contributed by atoms with E-state index >= 15 is 0 Å². The van der Waals surface area contributed by atoms with Crippen LogP contribution < -0.4 is 4.74 Å². The smallest absolute Gasteiger partial charge is 0.285 e. The maximum Gasteiger partial charge on any atom is 0.285 e. The Morgan fingerprint density at radius 3 is 2.62 bits per heavy atom. The number of nitrogens with zero attached hydrogens (tertiary/aromatic N) is 3. The third kappa shape index (κ3) is 6.56. The van der Waals surface area contributed by atoms with Crippen LogP contribution in [0.15, 0.2) is 42.0 Å². The standard InChI is InChI=1S/C24H29F3N3O3P/c1-7-30(15(3)13-32-22-20(25)11-18(12-29-22)24(26,27)34)23(31)19-10-8-9-14(2)21(19)16(4)33-17(5)28-6/h8-12,15H,4,7,13,34H2,1-3,5-6H3/t15-/m0/s1. The monoisotopic (exact) mass is 495 g/mol. The summed E-state index contributed by atoms with van der Waals surface area (Å²) in [5, 5.41) is 0. The highest BCUT2D eigenvalue weighted by Crippen LogP contribution is 2.35. The van der Waals surface area contributed by atoms with E-state index in [1.807, 2.05) is 13.0 Å². The molecule has 0 radical (unpaired) electrons. The van der Waals surface area contributed by atoms with Gasteiger partial charge in [-0.15, -0.1) is 0 Å². The Bertz CT molecular complexity index is 1090. The first kappa shape index (κ1) is 27.3. The van der Waals surface area contributed by atoms with Crippen LogP contribution in [0.1, 0.15) is 47.8 Å². The second-order valence-corrected chi connectivity index (χ2v) is 8.38. The van der Waals surface area contributed by atoms with E-state index in [2.05, 4.69) is 16.6 Å². The maximum absolute atomic E-state index is 14.2. The minimum absolute atomic E-state index is 0.0969. The molecule has 0 aliphatic carbocycles. The zero-order valence-corrected chi connectivity index (χ0v) is 21.0. The summed E-state index contributed by atoms with van der Waals surface area (Å²) in [7, 11) is 2.92. The van der Waals surface area contributed by atoms with Crippen molar-refractivity contribution in [2.75, 3.05) is 20.2 Å². The van der Waals surface area contributed by atoms with E-state index in [0.29, 0.717) is 35.4 Å². The van der Waals surface area contributed by atoms with Crippen molar-refractivity contribution in [1.82, 2.24) is 9.88 Å². The Kier molecular flexibility index (Phi) is 9.21. The Balaban J connectivity index is 2.23. The molecule has 184 valence electrons. The lowest BCUT2D eigenvalue weighted by Crippen LogP contribution is -2.42. The molecule has 0 aliphatic heterocycles. The van der Waals surface area contributed by atoms with Gasteiger partial charge in [-0.25, -0.2) is 9.37 Å². The molecule has 1 aromatic heterocycles. The van der Waals surface area contributed by atoms with Crippen LogP contribution in [0, 0.1) is 12.7 Å². The molecule has 0 saturated heterocycles. The second kappa shape index (κ2) is 11.5. The van der Waals surface area contributed by atoms with Gasteiger partial charge in [0, 0.05) is 37.8 Å². The molecule has 2 rings (SSSR count). The molecular formula is C24H29F3N3O3P. The lowest BCUT2D eigenvalue weighted by atomic mass is 9.99. The van der Waals surface area contributed by atoms with Crippen molar-refractivity contribution in [1.29, 1.82) is 0 Å². The molecule has 1 aromatic carbocycles. The Hall–Kier alpha value is -2.93. The minimum atomic E-state index is -3.30. The van der Waals surface area contributed by atoms with Crippen LogP contribution in [0.5, 0.6) is 5.88 Å². The number of benzene rings is 1. The van der Waals surface area contributed by atoms with Crippen molar-refractivity contribution in [3.05, 3.63) is 65.1 Å². The Labute approximate surface area is 200 Å². The zero-order chi connectivity index (χ0) is 25.6. The third-order valence-electron chi connectivity index (χ3n) is 5.16. The molecule has 2 aromatic rings. The number of aromatic nitrogens is 1. The first-order chi connectivity index (χ1) is 15.9. The summed E-state index contributed by atoms with van der Waals surface area (Å²) >= 11 is 0. The Morgan fingerprint density at radius 1 is 1.38 bits per heavy atom. The van der Waals surface area contributed by atoms with E-state index in [0.717, 1.165) is 11.8 Å². The van der Waals surface area contributed by atoms with Crippen molar-refractivity contribution in [3.63, 3.8) is 0 Å². The number of halogens is 3. The van der Waals surface area contributed by atoms with E-state index in [1.54, 1.807) is 44.9 Å². The number of rotatable bonds is 9. The molecule has 6 nitrogen and oxygen atoms in total. The summed E-state index contributed by atoms with van der Waals surface area (Å²) in [4.78, 5) is 22.6. The quantitative estimate of drug-likeness (QED) is 0.202. The minimum Gasteiger partial charge on any atom is -0.473 e. The SMILES string of the molecule is C=C(OC(C)=NC)c1c(C)cccc1C(=O)N(CC)[C@@H](C)COc1ncc(C(F)(F)P)cc1F. The average molecular weight is 495 g/mol. The van der Waals surface area contributed by atoms with Crippen molar-refractivity contribution in [2.24, 2.45) is 4.99 Å². The zero-order valence-electron chi connectivity index (χ0n) is 19.9. The summed E-state index contributed by atoms with van der Waals surface area (Å²) in [5.74, 6) is -1.02. The van der Waals surface area contributed by atoms with Gasteiger partial charge in [0.25, 0.3) is 11.6 Å². The van der Waals surface area contributed by atoms with Gasteiger partial charge in [-0.2, -0.15) is 8.78 Å². The topological polar surface area (TPSA) is 64.0 Å². The van der Waals surface area contributed by atoms with E-state index in [9.17, 15) is 18.0 Å². The number of aliphatic imine (C=N–C) groups is 1. The van der Waals surface area contributed by atoms with Crippen molar-refractivity contribution >= 4 is 26.8 Å². The highest BCUT2D eigenvalue weighted by Gasteiger charge is 2.28. The van der Waals surface area contributed by atoms with Gasteiger partial charge in [-0.1, -0.05) is 28.0 Å². The number of ether oxygens (including phenoxy) is 2. The Morgan fingerprint density at radius 2 is 2.06 bits per heavy atom. The molecule has 1 amide bonds. The molecule has 0 aliphatic rings. The summed E-state index contributed by atoms with van der Waals surface area (Å²) in [6.45, 7) is 11.3. The summed E-state index contributed by atoms with van der Waals surface area (Å²) < 4.78 is 51.9. The molecule has 2 atom stereocenters. The van der Waals surface area contributed by atoms with Crippen molar-refractivity contribution in [2.45, 2.75) is 39.4 Å². The number of likely N-dealkylation sites (N-methyl/N-ethyl adjacent to an activating group) is 1. The number of carbonyl (C=O) groups excluding carboxylic acids is 1. The van der Waals surface area contributed by atoms with Gasteiger partial charge >= 0.3 is 0 Å². The van der Waals surface area contributed by atoms with Gasteiger partial charge in [0.05, 0.1) is 11.6 Å². The van der Waals surface area contributed by atoms with Gasteiger partial charge in [0.15, 0.2) is 11.7 Å². The first-order valence-corrected chi connectivity index (χ1v) is 11.1. The molecule has 0 bridgehead atoms. The van der Waals surface area contributed by atoms with Crippen molar-refractivity contribution in [3.8, 4) is 5.88 Å². The fourth-order valence-electron chi connectivity index (χ4n) is 3.30. The summed E-state index contributed by atoms with van der Waals surface area (Å²) in [6.07, 6.45) is 0.852. The summed E-state index contributed by atoms with van der Waals surface area (Å²) in [5.41, 5.74) is -2.13. The molecule has 0 N–H and O–H groups in total. The molecule has 0 saturated carbocycles. The number of hydrogen-bond donors (Lipinski definition) is 0. The van der Waals surface area contributed by atoms with E-state index < -0.39 is 29.0 Å². The molecule has 0 spiro atoms. The van der Waals surface area contributed by atoms with Crippen molar-refractivity contribution < 1.29 is 27.4 Å². The van der Waals surface area contributed by atoms with E-state index in [-0.39, 0.29) is 12.5 Å². The van der Waals surface area contributed by atoms with Crippen LogP contribution in [0.2, 0.25) is 0 Å². The molecule has 1 unspecified atom stereocenters. The fourth-order valence-corrected chi connectivity index (χ4v) is 3.46. The molecule has 34 heavy (non-hydrogen) atoms. The highest BCUT2D eigenvalue weighted by atomic mass is 31.0. The second-order valence-electron chi connectivity index (χ2n) is 7.65. The number of hydrogen-bond acceptors (Lipinski definition) is 5. The van der Waals surface area contributed by atoms with Crippen LogP contribution >= 0.6 is 9.24 Å². The third-order valence-corrected chi connectivity index (χ3v) is 5.49. The van der Waals surface area contributed by atoms with Gasteiger partial charge < -0.3 is 14.4 Å². The number of carbonyl (C=O) groups is 1.